The molecule has 0 radical (unpaired) electrons. The summed E-state index contributed by atoms with van der Waals surface area (Å²) in [6, 6.07) is 0. The second-order valence-electron chi connectivity index (χ2n) is 1.45. The lowest BCUT2D eigenvalue weighted by atomic mass is 10.7. The summed E-state index contributed by atoms with van der Waals surface area (Å²) in [5.74, 6) is 0. The molecule has 0 rings (SSSR count). The van der Waals surface area contributed by atoms with Crippen molar-refractivity contribution in [3.63, 3.8) is 0 Å². The predicted octanol–water partition coefficient (Wildman–Crippen LogP) is 0.596. The van der Waals surface area contributed by atoms with Gasteiger partial charge in [0.25, 0.3) is 0 Å². The van der Waals surface area contributed by atoms with Gasteiger partial charge in [-0.05, 0) is 6.92 Å². The van der Waals surface area contributed by atoms with Gasteiger partial charge in [-0.15, -0.1) is 0 Å². The molecule has 0 spiro atoms. The summed E-state index contributed by atoms with van der Waals surface area (Å²) in [6.07, 6.45) is 1.81. The summed E-state index contributed by atoms with van der Waals surface area (Å²) in [7, 11) is 3.76. The topological polar surface area (TPSA) is 15.6 Å². The highest BCUT2D eigenvalue weighted by Gasteiger charge is 1.77. The molecule has 0 aliphatic carbocycles. The first kappa shape index (κ1) is 6.47. The average Bonchev–Trinajstić information content (AvgIpc) is 1.68. The van der Waals surface area contributed by atoms with E-state index in [0.717, 1.165) is 6.54 Å². The van der Waals surface area contributed by atoms with Crippen LogP contribution in [0.2, 0.25) is 0 Å². The number of rotatable bonds is 2. The second kappa shape index (κ2) is 3.65. The zero-order valence-electron chi connectivity index (χ0n) is 5.18. The highest BCUT2D eigenvalue weighted by Crippen LogP contribution is 1.70. The zero-order chi connectivity index (χ0) is 5.70. The van der Waals surface area contributed by atoms with E-state index in [1.165, 1.54) is 0 Å². The molecule has 7 heavy (non-hydrogen) atoms. The van der Waals surface area contributed by atoms with E-state index < -0.39 is 0 Å². The monoisotopic (exact) mass is 100 g/mol. The van der Waals surface area contributed by atoms with Crippen molar-refractivity contribution in [2.75, 3.05) is 20.6 Å². The third kappa shape index (κ3) is 3.30. The number of hydrogen-bond acceptors (Lipinski definition) is 1. The van der Waals surface area contributed by atoms with Crippen LogP contribution < -0.4 is 0 Å². The SMILES string of the molecule is CCN(C)C=NC. The lowest BCUT2D eigenvalue weighted by molar-refractivity contribution is 0.551. The first-order valence-corrected chi connectivity index (χ1v) is 2.43. The third-order valence-corrected chi connectivity index (χ3v) is 0.811. The van der Waals surface area contributed by atoms with Gasteiger partial charge in [0.05, 0.1) is 6.34 Å². The van der Waals surface area contributed by atoms with Crippen LogP contribution in [-0.4, -0.2) is 31.9 Å². The molecule has 42 valence electrons. The Labute approximate surface area is 44.9 Å². The van der Waals surface area contributed by atoms with Gasteiger partial charge >= 0.3 is 0 Å². The van der Waals surface area contributed by atoms with Crippen LogP contribution in [0.5, 0.6) is 0 Å². The fourth-order valence-corrected chi connectivity index (χ4v) is 0.279. The molecule has 2 heteroatoms. The van der Waals surface area contributed by atoms with E-state index in [9.17, 15) is 0 Å². The molecule has 0 aliphatic heterocycles. The highest BCUT2D eigenvalue weighted by atomic mass is 15.1. The molecular weight excluding hydrogens is 88.1 g/mol. The molecule has 0 fully saturated rings. The summed E-state index contributed by atoms with van der Waals surface area (Å²) in [5, 5.41) is 0. The molecule has 0 aromatic rings. The van der Waals surface area contributed by atoms with Gasteiger partial charge in [-0.25, -0.2) is 0 Å². The molecule has 2 nitrogen and oxygen atoms in total. The van der Waals surface area contributed by atoms with Gasteiger partial charge in [-0.3, -0.25) is 4.99 Å². The van der Waals surface area contributed by atoms with Gasteiger partial charge < -0.3 is 4.90 Å². The summed E-state index contributed by atoms with van der Waals surface area (Å²) in [4.78, 5) is 5.82. The van der Waals surface area contributed by atoms with Crippen molar-refractivity contribution in [3.8, 4) is 0 Å². The first-order valence-electron chi connectivity index (χ1n) is 2.43. The van der Waals surface area contributed by atoms with Crippen molar-refractivity contribution in [1.82, 2.24) is 4.90 Å². The third-order valence-electron chi connectivity index (χ3n) is 0.811. The fraction of sp³-hybridized carbons (Fsp3) is 0.800. The van der Waals surface area contributed by atoms with E-state index in [1.807, 2.05) is 11.9 Å². The Hall–Kier alpha value is -0.530. The van der Waals surface area contributed by atoms with E-state index in [-0.39, 0.29) is 0 Å². The maximum absolute atomic E-state index is 3.81. The van der Waals surface area contributed by atoms with E-state index in [0.29, 0.717) is 0 Å². The molecule has 0 aromatic carbocycles. The fourth-order valence-electron chi connectivity index (χ4n) is 0.279. The Morgan fingerprint density at radius 2 is 2.29 bits per heavy atom. The highest BCUT2D eigenvalue weighted by molar-refractivity contribution is 5.53. The largest absolute Gasteiger partial charge is 0.366 e. The van der Waals surface area contributed by atoms with Gasteiger partial charge in [0.2, 0.25) is 0 Å². The molecule has 0 saturated carbocycles. The lowest BCUT2D eigenvalue weighted by Crippen LogP contribution is -2.14. The molecule has 0 bridgehead atoms. The lowest BCUT2D eigenvalue weighted by Gasteiger charge is -2.06. The zero-order valence-corrected chi connectivity index (χ0v) is 5.18. The second-order valence-corrected chi connectivity index (χ2v) is 1.45. The van der Waals surface area contributed by atoms with Gasteiger partial charge in [0.15, 0.2) is 0 Å². The Kier molecular flexibility index (Phi) is 3.38. The van der Waals surface area contributed by atoms with Crippen LogP contribution in [0, 0.1) is 0 Å². The molecule has 0 atom stereocenters. The first-order chi connectivity index (χ1) is 3.31. The van der Waals surface area contributed by atoms with Crippen LogP contribution in [0.25, 0.3) is 0 Å². The van der Waals surface area contributed by atoms with Crippen molar-refractivity contribution >= 4 is 6.34 Å². The predicted molar refractivity (Wildman–Crippen MR) is 32.7 cm³/mol. The molecule has 0 aliphatic rings. The molecule has 0 heterocycles. The van der Waals surface area contributed by atoms with E-state index in [1.54, 1.807) is 13.4 Å². The summed E-state index contributed by atoms with van der Waals surface area (Å²) in [5.41, 5.74) is 0. The van der Waals surface area contributed by atoms with Gasteiger partial charge in [-0.1, -0.05) is 0 Å². The van der Waals surface area contributed by atoms with E-state index in [4.69, 9.17) is 0 Å². The van der Waals surface area contributed by atoms with Crippen LogP contribution in [0.1, 0.15) is 6.92 Å². The summed E-state index contributed by atoms with van der Waals surface area (Å²) >= 11 is 0. The number of hydrogen-bond donors (Lipinski definition) is 0. The molecule has 0 N–H and O–H groups in total. The average molecular weight is 100 g/mol. The maximum atomic E-state index is 3.81. The maximum Gasteiger partial charge on any atom is 0.0843 e. The van der Waals surface area contributed by atoms with Gasteiger partial charge in [0.1, 0.15) is 0 Å². The molecule has 0 aromatic heterocycles. The number of nitrogens with zero attached hydrogens (tertiary/aromatic N) is 2. The minimum atomic E-state index is 1.03. The van der Waals surface area contributed by atoms with Crippen LogP contribution in [0.3, 0.4) is 0 Å². The van der Waals surface area contributed by atoms with Crippen LogP contribution in [-0.2, 0) is 0 Å². The molecule has 0 amide bonds. The molecule has 0 unspecified atom stereocenters. The van der Waals surface area contributed by atoms with Crippen molar-refractivity contribution in [2.24, 2.45) is 4.99 Å². The van der Waals surface area contributed by atoms with Crippen molar-refractivity contribution < 1.29 is 0 Å². The smallest absolute Gasteiger partial charge is 0.0843 e. The van der Waals surface area contributed by atoms with E-state index >= 15 is 0 Å². The van der Waals surface area contributed by atoms with E-state index in [2.05, 4.69) is 11.9 Å². The molecule has 0 saturated heterocycles. The summed E-state index contributed by atoms with van der Waals surface area (Å²) < 4.78 is 0. The quantitative estimate of drug-likeness (QED) is 0.366. The Morgan fingerprint density at radius 3 is 2.43 bits per heavy atom. The van der Waals surface area contributed by atoms with Crippen LogP contribution >= 0.6 is 0 Å². The van der Waals surface area contributed by atoms with Gasteiger partial charge in [0, 0.05) is 20.6 Å². The normalized spacial score (nSPS) is 10.1. The summed E-state index contributed by atoms with van der Waals surface area (Å²) in [6.45, 7) is 3.11. The Morgan fingerprint density at radius 1 is 1.71 bits per heavy atom. The standard InChI is InChI=1S/C5H12N2/c1-4-7(3)5-6-2/h5H,4H2,1-3H3. The Bertz CT molecular complexity index is 59.1. The van der Waals surface area contributed by atoms with Crippen molar-refractivity contribution in [2.45, 2.75) is 6.92 Å². The van der Waals surface area contributed by atoms with Crippen LogP contribution in [0.15, 0.2) is 4.99 Å². The van der Waals surface area contributed by atoms with Crippen molar-refractivity contribution in [3.05, 3.63) is 0 Å². The Balaban J connectivity index is 3.16. The minimum Gasteiger partial charge on any atom is -0.366 e. The number of aliphatic imine (C=N–C) groups is 1. The van der Waals surface area contributed by atoms with Crippen LogP contribution in [0.4, 0.5) is 0 Å². The minimum absolute atomic E-state index is 1.03. The molecular formula is C5H12N2. The van der Waals surface area contributed by atoms with Crippen molar-refractivity contribution in [1.29, 1.82) is 0 Å². The van der Waals surface area contributed by atoms with Gasteiger partial charge in [-0.2, -0.15) is 0 Å².